The SMILES string of the molecule is CCN(CC)Cc1cccc(Br)c1Cl. The Kier molecular flexibility index (Phi) is 4.93. The third kappa shape index (κ3) is 2.97. The van der Waals surface area contributed by atoms with Gasteiger partial charge in [-0.15, -0.1) is 0 Å². The van der Waals surface area contributed by atoms with Crippen molar-refractivity contribution < 1.29 is 0 Å². The van der Waals surface area contributed by atoms with Gasteiger partial charge in [0.1, 0.15) is 0 Å². The van der Waals surface area contributed by atoms with Gasteiger partial charge in [-0.3, -0.25) is 4.90 Å². The van der Waals surface area contributed by atoms with Crippen molar-refractivity contribution in [3.05, 3.63) is 33.3 Å². The maximum absolute atomic E-state index is 6.18. The average Bonchev–Trinajstić information content (AvgIpc) is 2.20. The highest BCUT2D eigenvalue weighted by molar-refractivity contribution is 9.10. The fourth-order valence-corrected chi connectivity index (χ4v) is 1.95. The molecule has 14 heavy (non-hydrogen) atoms. The summed E-state index contributed by atoms with van der Waals surface area (Å²) in [5.41, 5.74) is 1.18. The zero-order valence-corrected chi connectivity index (χ0v) is 10.9. The van der Waals surface area contributed by atoms with E-state index in [-0.39, 0.29) is 0 Å². The maximum atomic E-state index is 6.18. The topological polar surface area (TPSA) is 3.24 Å². The van der Waals surface area contributed by atoms with Gasteiger partial charge in [0.15, 0.2) is 0 Å². The van der Waals surface area contributed by atoms with Gasteiger partial charge < -0.3 is 0 Å². The van der Waals surface area contributed by atoms with E-state index in [4.69, 9.17) is 11.6 Å². The van der Waals surface area contributed by atoms with Crippen molar-refractivity contribution in [1.29, 1.82) is 0 Å². The lowest BCUT2D eigenvalue weighted by Crippen LogP contribution is -2.22. The predicted molar refractivity (Wildman–Crippen MR) is 65.8 cm³/mol. The molecule has 0 radical (unpaired) electrons. The molecule has 0 fully saturated rings. The molecule has 3 heteroatoms. The quantitative estimate of drug-likeness (QED) is 0.805. The standard InChI is InChI=1S/C11H15BrClN/c1-3-14(4-2)8-9-6-5-7-10(12)11(9)13/h5-7H,3-4,8H2,1-2H3. The van der Waals surface area contributed by atoms with Crippen molar-refractivity contribution >= 4 is 27.5 Å². The van der Waals surface area contributed by atoms with Crippen molar-refractivity contribution in [1.82, 2.24) is 4.90 Å². The summed E-state index contributed by atoms with van der Waals surface area (Å²) in [5, 5.41) is 0.833. The molecule has 0 bridgehead atoms. The molecule has 0 aliphatic carbocycles. The zero-order valence-electron chi connectivity index (χ0n) is 8.56. The van der Waals surface area contributed by atoms with E-state index in [1.54, 1.807) is 0 Å². The Bertz CT molecular complexity index is 297. The van der Waals surface area contributed by atoms with E-state index in [9.17, 15) is 0 Å². The van der Waals surface area contributed by atoms with Gasteiger partial charge in [-0.2, -0.15) is 0 Å². The summed E-state index contributed by atoms with van der Waals surface area (Å²) in [6.45, 7) is 7.36. The van der Waals surface area contributed by atoms with Crippen molar-refractivity contribution in [3.8, 4) is 0 Å². The molecule has 0 aromatic heterocycles. The second-order valence-electron chi connectivity index (χ2n) is 3.17. The molecule has 1 nitrogen and oxygen atoms in total. The third-order valence-corrected chi connectivity index (χ3v) is 3.66. The normalized spacial score (nSPS) is 10.9. The molecule has 0 amide bonds. The Labute approximate surface area is 99.2 Å². The van der Waals surface area contributed by atoms with Gasteiger partial charge in [-0.1, -0.05) is 37.6 Å². The van der Waals surface area contributed by atoms with Gasteiger partial charge in [-0.25, -0.2) is 0 Å². The van der Waals surface area contributed by atoms with E-state index in [0.29, 0.717) is 0 Å². The van der Waals surface area contributed by atoms with Crippen LogP contribution in [0.25, 0.3) is 0 Å². The molecule has 0 heterocycles. The molecule has 0 N–H and O–H groups in total. The second-order valence-corrected chi connectivity index (χ2v) is 4.41. The van der Waals surface area contributed by atoms with Crippen molar-refractivity contribution in [2.75, 3.05) is 13.1 Å². The van der Waals surface area contributed by atoms with Crippen LogP contribution in [0.5, 0.6) is 0 Å². The van der Waals surface area contributed by atoms with Crippen LogP contribution in [0.2, 0.25) is 5.02 Å². The highest BCUT2D eigenvalue weighted by Crippen LogP contribution is 2.26. The number of nitrogens with zero attached hydrogens (tertiary/aromatic N) is 1. The predicted octanol–water partition coefficient (Wildman–Crippen LogP) is 3.94. The maximum Gasteiger partial charge on any atom is 0.0593 e. The van der Waals surface area contributed by atoms with E-state index in [0.717, 1.165) is 29.1 Å². The summed E-state index contributed by atoms with van der Waals surface area (Å²) in [6.07, 6.45) is 0. The van der Waals surface area contributed by atoms with E-state index in [1.807, 2.05) is 12.1 Å². The summed E-state index contributed by atoms with van der Waals surface area (Å²) in [6, 6.07) is 6.06. The largest absolute Gasteiger partial charge is 0.300 e. The van der Waals surface area contributed by atoms with Crippen molar-refractivity contribution in [3.63, 3.8) is 0 Å². The van der Waals surface area contributed by atoms with Gasteiger partial charge in [0, 0.05) is 11.0 Å². The van der Waals surface area contributed by atoms with Crippen molar-refractivity contribution in [2.24, 2.45) is 0 Å². The molecule has 0 unspecified atom stereocenters. The number of rotatable bonds is 4. The second kappa shape index (κ2) is 5.74. The molecular formula is C11H15BrClN. The minimum absolute atomic E-state index is 0.833. The van der Waals surface area contributed by atoms with Crippen LogP contribution in [0.15, 0.2) is 22.7 Å². The Balaban J connectivity index is 2.80. The van der Waals surface area contributed by atoms with E-state index in [1.165, 1.54) is 5.56 Å². The van der Waals surface area contributed by atoms with E-state index < -0.39 is 0 Å². The summed E-state index contributed by atoms with van der Waals surface area (Å²) in [7, 11) is 0. The first-order valence-electron chi connectivity index (χ1n) is 4.84. The Morgan fingerprint density at radius 2 is 1.93 bits per heavy atom. The molecule has 78 valence electrons. The number of hydrogen-bond acceptors (Lipinski definition) is 1. The fraction of sp³-hybridized carbons (Fsp3) is 0.455. The first kappa shape index (κ1) is 12.0. The number of benzene rings is 1. The Hall–Kier alpha value is -0.0500. The summed E-state index contributed by atoms with van der Waals surface area (Å²) < 4.78 is 0.976. The molecule has 1 aromatic carbocycles. The number of halogens is 2. The van der Waals surface area contributed by atoms with Crippen LogP contribution in [-0.2, 0) is 6.54 Å². The third-order valence-electron chi connectivity index (χ3n) is 2.32. The van der Waals surface area contributed by atoms with Gasteiger partial charge in [0.05, 0.1) is 5.02 Å². The fourth-order valence-electron chi connectivity index (χ4n) is 1.36. The van der Waals surface area contributed by atoms with Gasteiger partial charge in [0.25, 0.3) is 0 Å². The van der Waals surface area contributed by atoms with Gasteiger partial charge >= 0.3 is 0 Å². The van der Waals surface area contributed by atoms with Crippen LogP contribution >= 0.6 is 27.5 Å². The summed E-state index contributed by atoms with van der Waals surface area (Å²) >= 11 is 9.61. The van der Waals surface area contributed by atoms with E-state index in [2.05, 4.69) is 40.7 Å². The highest BCUT2D eigenvalue weighted by atomic mass is 79.9. The van der Waals surface area contributed by atoms with Gasteiger partial charge in [0.2, 0.25) is 0 Å². The van der Waals surface area contributed by atoms with Crippen LogP contribution in [0.3, 0.4) is 0 Å². The van der Waals surface area contributed by atoms with Crippen LogP contribution < -0.4 is 0 Å². The lowest BCUT2D eigenvalue weighted by atomic mass is 10.2. The van der Waals surface area contributed by atoms with Gasteiger partial charge in [-0.05, 0) is 40.6 Å². The van der Waals surface area contributed by atoms with Crippen LogP contribution in [-0.4, -0.2) is 18.0 Å². The average molecular weight is 277 g/mol. The lowest BCUT2D eigenvalue weighted by Gasteiger charge is -2.18. The Morgan fingerprint density at radius 3 is 2.50 bits per heavy atom. The van der Waals surface area contributed by atoms with Crippen LogP contribution in [0.4, 0.5) is 0 Å². The Morgan fingerprint density at radius 1 is 1.29 bits per heavy atom. The summed E-state index contributed by atoms with van der Waals surface area (Å²) in [4.78, 5) is 2.34. The summed E-state index contributed by atoms with van der Waals surface area (Å²) in [5.74, 6) is 0. The molecule has 1 rings (SSSR count). The van der Waals surface area contributed by atoms with Crippen LogP contribution in [0.1, 0.15) is 19.4 Å². The van der Waals surface area contributed by atoms with E-state index >= 15 is 0 Å². The minimum atomic E-state index is 0.833. The highest BCUT2D eigenvalue weighted by Gasteiger charge is 2.06. The molecule has 1 aromatic rings. The smallest absolute Gasteiger partial charge is 0.0593 e. The van der Waals surface area contributed by atoms with Crippen molar-refractivity contribution in [2.45, 2.75) is 20.4 Å². The molecule has 0 aliphatic rings. The molecular weight excluding hydrogens is 261 g/mol. The molecule has 0 aliphatic heterocycles. The monoisotopic (exact) mass is 275 g/mol. The minimum Gasteiger partial charge on any atom is -0.300 e. The molecule has 0 saturated heterocycles. The molecule has 0 spiro atoms. The lowest BCUT2D eigenvalue weighted by molar-refractivity contribution is 0.296. The molecule has 0 saturated carbocycles. The zero-order chi connectivity index (χ0) is 10.6. The molecule has 0 atom stereocenters. The first-order valence-corrected chi connectivity index (χ1v) is 6.01. The van der Waals surface area contributed by atoms with Crippen LogP contribution in [0, 0.1) is 0 Å². The first-order chi connectivity index (χ1) is 6.69. The number of hydrogen-bond donors (Lipinski definition) is 0.